The van der Waals surface area contributed by atoms with Crippen LogP contribution in [-0.2, 0) is 6.42 Å². The van der Waals surface area contributed by atoms with Crippen molar-refractivity contribution < 1.29 is 9.53 Å². The Balaban J connectivity index is 1.62. The summed E-state index contributed by atoms with van der Waals surface area (Å²) in [5.41, 5.74) is 5.43. The Morgan fingerprint density at radius 1 is 0.800 bits per heavy atom. The summed E-state index contributed by atoms with van der Waals surface area (Å²) in [6.45, 7) is 6.65. The van der Waals surface area contributed by atoms with E-state index in [0.717, 1.165) is 17.5 Å². The molecule has 2 nitrogen and oxygen atoms in total. The first-order valence-electron chi connectivity index (χ1n) is 11.1. The SMILES string of the molecule is CCCCCC(C)c1ccc(-c2ccc(C(=O)Oc3ccc(CC)cc3)cc2)cc1. The van der Waals surface area contributed by atoms with Gasteiger partial charge in [0.15, 0.2) is 0 Å². The molecule has 0 amide bonds. The minimum absolute atomic E-state index is 0.331. The van der Waals surface area contributed by atoms with Gasteiger partial charge >= 0.3 is 5.97 Å². The Kier molecular flexibility index (Phi) is 7.84. The van der Waals surface area contributed by atoms with Crippen LogP contribution < -0.4 is 4.74 Å². The van der Waals surface area contributed by atoms with Gasteiger partial charge in [-0.25, -0.2) is 4.79 Å². The number of unbranched alkanes of at least 4 members (excludes halogenated alkanes) is 2. The number of rotatable bonds is 9. The molecule has 3 rings (SSSR count). The van der Waals surface area contributed by atoms with Gasteiger partial charge in [0.1, 0.15) is 5.75 Å². The van der Waals surface area contributed by atoms with Crippen LogP contribution in [0.3, 0.4) is 0 Å². The summed E-state index contributed by atoms with van der Waals surface area (Å²) in [7, 11) is 0. The molecule has 0 saturated heterocycles. The Morgan fingerprint density at radius 2 is 1.40 bits per heavy atom. The maximum Gasteiger partial charge on any atom is 0.343 e. The fraction of sp³-hybridized carbons (Fsp3) is 0.321. The van der Waals surface area contributed by atoms with E-state index < -0.39 is 0 Å². The van der Waals surface area contributed by atoms with Crippen molar-refractivity contribution in [1.82, 2.24) is 0 Å². The highest BCUT2D eigenvalue weighted by molar-refractivity contribution is 5.91. The highest BCUT2D eigenvalue weighted by atomic mass is 16.5. The van der Waals surface area contributed by atoms with E-state index in [1.165, 1.54) is 36.8 Å². The number of ether oxygens (including phenoxy) is 1. The molecule has 0 aromatic heterocycles. The zero-order valence-corrected chi connectivity index (χ0v) is 18.4. The van der Waals surface area contributed by atoms with E-state index in [9.17, 15) is 4.79 Å². The number of hydrogen-bond acceptors (Lipinski definition) is 2. The summed E-state index contributed by atoms with van der Waals surface area (Å²) >= 11 is 0. The van der Waals surface area contributed by atoms with Gasteiger partial charge in [0.25, 0.3) is 0 Å². The van der Waals surface area contributed by atoms with Crippen molar-refractivity contribution in [3.05, 3.63) is 89.5 Å². The summed E-state index contributed by atoms with van der Waals surface area (Å²) in [5.74, 6) is 0.834. The number of carbonyl (C=O) groups excluding carboxylic acids is 1. The van der Waals surface area contributed by atoms with Gasteiger partial charge < -0.3 is 4.74 Å². The molecular weight excluding hydrogens is 368 g/mol. The van der Waals surface area contributed by atoms with Crippen LogP contribution in [0.25, 0.3) is 11.1 Å². The largest absolute Gasteiger partial charge is 0.423 e. The lowest BCUT2D eigenvalue weighted by Gasteiger charge is -2.12. The summed E-state index contributed by atoms with van der Waals surface area (Å²) in [6, 6.07) is 24.1. The fourth-order valence-corrected chi connectivity index (χ4v) is 3.63. The van der Waals surface area contributed by atoms with Gasteiger partial charge in [0.05, 0.1) is 5.56 Å². The smallest absolute Gasteiger partial charge is 0.343 e. The zero-order valence-electron chi connectivity index (χ0n) is 18.4. The molecule has 0 radical (unpaired) electrons. The summed E-state index contributed by atoms with van der Waals surface area (Å²) in [4.78, 5) is 12.4. The third-order valence-corrected chi connectivity index (χ3v) is 5.72. The van der Waals surface area contributed by atoms with Crippen LogP contribution in [0, 0.1) is 0 Å². The van der Waals surface area contributed by atoms with Crippen LogP contribution in [0.2, 0.25) is 0 Å². The average molecular weight is 401 g/mol. The van der Waals surface area contributed by atoms with Gasteiger partial charge in [-0.15, -0.1) is 0 Å². The Labute approximate surface area is 180 Å². The zero-order chi connectivity index (χ0) is 21.3. The molecule has 30 heavy (non-hydrogen) atoms. The van der Waals surface area contributed by atoms with Gasteiger partial charge in [-0.2, -0.15) is 0 Å². The molecule has 0 aliphatic rings. The normalized spacial score (nSPS) is 11.8. The van der Waals surface area contributed by atoms with E-state index in [-0.39, 0.29) is 5.97 Å². The molecule has 0 fully saturated rings. The van der Waals surface area contributed by atoms with Crippen LogP contribution in [-0.4, -0.2) is 5.97 Å². The maximum absolute atomic E-state index is 12.4. The van der Waals surface area contributed by atoms with Crippen LogP contribution in [0.15, 0.2) is 72.8 Å². The monoisotopic (exact) mass is 400 g/mol. The van der Waals surface area contributed by atoms with E-state index in [2.05, 4.69) is 45.0 Å². The predicted molar refractivity (Wildman–Crippen MR) is 125 cm³/mol. The van der Waals surface area contributed by atoms with Crippen molar-refractivity contribution in [1.29, 1.82) is 0 Å². The standard InChI is InChI=1S/C28H32O2/c1-4-6-7-8-21(3)23-11-13-24(14-12-23)25-15-17-26(18-16-25)28(29)30-27-19-9-22(5-2)10-20-27/h9-21H,4-8H2,1-3H3. The minimum Gasteiger partial charge on any atom is -0.423 e. The van der Waals surface area contributed by atoms with Crippen molar-refractivity contribution in [3.8, 4) is 16.9 Å². The molecule has 0 aliphatic carbocycles. The topological polar surface area (TPSA) is 26.3 Å². The second-order valence-electron chi connectivity index (χ2n) is 7.98. The van der Waals surface area contributed by atoms with E-state index in [1.54, 1.807) is 0 Å². The second-order valence-corrected chi connectivity index (χ2v) is 7.98. The Hall–Kier alpha value is -2.87. The van der Waals surface area contributed by atoms with Crippen molar-refractivity contribution in [3.63, 3.8) is 0 Å². The average Bonchev–Trinajstić information content (AvgIpc) is 2.80. The van der Waals surface area contributed by atoms with Gasteiger partial charge in [0.2, 0.25) is 0 Å². The second kappa shape index (κ2) is 10.8. The first-order chi connectivity index (χ1) is 14.6. The van der Waals surface area contributed by atoms with E-state index >= 15 is 0 Å². The molecule has 0 spiro atoms. The van der Waals surface area contributed by atoms with Gasteiger partial charge in [-0.3, -0.25) is 0 Å². The number of esters is 1. The predicted octanol–water partition coefficient (Wildman–Crippen LogP) is 7.82. The highest BCUT2D eigenvalue weighted by Gasteiger charge is 2.10. The third-order valence-electron chi connectivity index (χ3n) is 5.72. The molecule has 0 heterocycles. The van der Waals surface area contributed by atoms with E-state index in [0.29, 0.717) is 17.2 Å². The van der Waals surface area contributed by atoms with Crippen molar-refractivity contribution in [2.75, 3.05) is 0 Å². The fourth-order valence-electron chi connectivity index (χ4n) is 3.63. The first-order valence-corrected chi connectivity index (χ1v) is 11.1. The van der Waals surface area contributed by atoms with Crippen molar-refractivity contribution in [2.45, 2.75) is 58.8 Å². The lowest BCUT2D eigenvalue weighted by molar-refractivity contribution is 0.0735. The maximum atomic E-state index is 12.4. The van der Waals surface area contributed by atoms with Crippen LogP contribution >= 0.6 is 0 Å². The molecule has 3 aromatic rings. The molecule has 0 aliphatic heterocycles. The molecular formula is C28H32O2. The van der Waals surface area contributed by atoms with E-state index in [1.807, 2.05) is 48.5 Å². The Morgan fingerprint density at radius 3 is 1.97 bits per heavy atom. The molecule has 1 atom stereocenters. The quantitative estimate of drug-likeness (QED) is 0.208. The molecule has 3 aromatic carbocycles. The molecule has 1 unspecified atom stereocenters. The lowest BCUT2D eigenvalue weighted by Crippen LogP contribution is -2.08. The minimum atomic E-state index is -0.331. The number of aryl methyl sites for hydroxylation is 1. The Bertz CT molecular complexity index is 922. The number of benzene rings is 3. The van der Waals surface area contributed by atoms with Crippen LogP contribution in [0.5, 0.6) is 5.75 Å². The van der Waals surface area contributed by atoms with Crippen LogP contribution in [0.4, 0.5) is 0 Å². The van der Waals surface area contributed by atoms with Gasteiger partial charge in [-0.1, -0.05) is 88.6 Å². The summed E-state index contributed by atoms with van der Waals surface area (Å²) in [5, 5.41) is 0. The van der Waals surface area contributed by atoms with Crippen LogP contribution in [0.1, 0.15) is 73.9 Å². The van der Waals surface area contributed by atoms with Crippen molar-refractivity contribution >= 4 is 5.97 Å². The first kappa shape index (κ1) is 21.8. The molecule has 0 bridgehead atoms. The summed E-state index contributed by atoms with van der Waals surface area (Å²) < 4.78 is 5.49. The number of hydrogen-bond donors (Lipinski definition) is 0. The van der Waals surface area contributed by atoms with Crippen molar-refractivity contribution in [2.24, 2.45) is 0 Å². The van der Waals surface area contributed by atoms with E-state index in [4.69, 9.17) is 4.74 Å². The molecule has 2 heteroatoms. The molecule has 0 N–H and O–H groups in total. The molecule has 0 saturated carbocycles. The third kappa shape index (κ3) is 5.82. The molecule has 156 valence electrons. The van der Waals surface area contributed by atoms with Gasteiger partial charge in [-0.05, 0) is 65.3 Å². The number of carbonyl (C=O) groups is 1. The van der Waals surface area contributed by atoms with Gasteiger partial charge in [0, 0.05) is 0 Å². The lowest BCUT2D eigenvalue weighted by atomic mass is 9.93. The summed E-state index contributed by atoms with van der Waals surface area (Å²) in [6.07, 6.45) is 6.07. The highest BCUT2D eigenvalue weighted by Crippen LogP contribution is 2.26.